The van der Waals surface area contributed by atoms with Crippen molar-refractivity contribution in [3.05, 3.63) is 60.2 Å². The van der Waals surface area contributed by atoms with E-state index >= 15 is 0 Å². The second-order valence-electron chi connectivity index (χ2n) is 10.7. The van der Waals surface area contributed by atoms with Gasteiger partial charge in [-0.2, -0.15) is 0 Å². The molecule has 4 rings (SSSR count). The Hall–Kier alpha value is -2.70. The number of carbonyl (C=O) groups excluding carboxylic acids is 2. The maximum Gasteiger partial charge on any atom is 0.226 e. The molecule has 2 aliphatic rings. The van der Waals surface area contributed by atoms with Gasteiger partial charge < -0.3 is 20.2 Å². The summed E-state index contributed by atoms with van der Waals surface area (Å²) in [6.07, 6.45) is 7.83. The quantitative estimate of drug-likeness (QED) is 0.437. The van der Waals surface area contributed by atoms with Gasteiger partial charge in [-0.3, -0.25) is 9.59 Å². The third-order valence-electron chi connectivity index (χ3n) is 8.37. The molecular weight excluding hydrogens is 462 g/mol. The molecule has 0 radical (unpaired) electrons. The first-order valence-corrected chi connectivity index (χ1v) is 14.1. The highest BCUT2D eigenvalue weighted by molar-refractivity contribution is 5.90. The van der Waals surface area contributed by atoms with Crippen LogP contribution in [0.3, 0.4) is 0 Å². The van der Waals surface area contributed by atoms with Gasteiger partial charge in [0, 0.05) is 36.8 Å². The van der Waals surface area contributed by atoms with Gasteiger partial charge in [0.25, 0.3) is 0 Å². The summed E-state index contributed by atoms with van der Waals surface area (Å²) >= 11 is 0. The summed E-state index contributed by atoms with van der Waals surface area (Å²) in [7, 11) is 1.80. The average Bonchev–Trinajstić information content (AvgIpc) is 3.45. The number of rotatable bonds is 11. The van der Waals surface area contributed by atoms with Gasteiger partial charge in [-0.25, -0.2) is 0 Å². The molecule has 2 aromatic carbocycles. The number of carbonyl (C=O) groups is 2. The van der Waals surface area contributed by atoms with E-state index in [1.807, 2.05) is 37.3 Å². The van der Waals surface area contributed by atoms with Crippen LogP contribution in [-0.2, 0) is 9.59 Å². The second-order valence-corrected chi connectivity index (χ2v) is 10.7. The first-order valence-electron chi connectivity index (χ1n) is 14.1. The maximum atomic E-state index is 14.1. The number of hydrogen-bond acceptors (Lipinski definition) is 5. The maximum absolute atomic E-state index is 14.1. The number of benzene rings is 2. The number of anilines is 2. The van der Waals surface area contributed by atoms with E-state index in [4.69, 9.17) is 0 Å². The summed E-state index contributed by atoms with van der Waals surface area (Å²) < 4.78 is 0. The number of amides is 1. The van der Waals surface area contributed by atoms with Crippen molar-refractivity contribution in [1.29, 1.82) is 0 Å². The van der Waals surface area contributed by atoms with Crippen molar-refractivity contribution in [2.75, 3.05) is 31.6 Å². The second kappa shape index (κ2) is 13.2. The molecule has 1 saturated carbocycles. The summed E-state index contributed by atoms with van der Waals surface area (Å²) in [5, 5.41) is 12.8. The van der Waals surface area contributed by atoms with Gasteiger partial charge in [-0.1, -0.05) is 49.6 Å². The van der Waals surface area contributed by atoms with Crippen LogP contribution < -0.4 is 10.2 Å². The van der Waals surface area contributed by atoms with Gasteiger partial charge in [0.15, 0.2) is 0 Å². The molecule has 1 aliphatic heterocycles. The van der Waals surface area contributed by atoms with Gasteiger partial charge in [0.2, 0.25) is 5.91 Å². The normalized spacial score (nSPS) is 20.0. The lowest BCUT2D eigenvalue weighted by atomic mass is 9.76. The third-order valence-corrected chi connectivity index (χ3v) is 8.37. The van der Waals surface area contributed by atoms with Crippen LogP contribution in [0, 0.1) is 11.8 Å². The highest BCUT2D eigenvalue weighted by atomic mass is 16.3. The number of ketones is 1. The zero-order valence-electron chi connectivity index (χ0n) is 22.4. The molecule has 0 spiro atoms. The largest absolute Gasteiger partial charge is 0.395 e. The Kier molecular flexibility index (Phi) is 9.75. The lowest BCUT2D eigenvalue weighted by Crippen LogP contribution is -2.42. The molecule has 0 aromatic heterocycles. The fraction of sp³-hybridized carbons (Fsp3) is 0.548. The smallest absolute Gasteiger partial charge is 0.226 e. The van der Waals surface area contributed by atoms with Gasteiger partial charge in [-0.15, -0.1) is 0 Å². The lowest BCUT2D eigenvalue weighted by molar-refractivity contribution is -0.141. The Labute approximate surface area is 222 Å². The number of Topliss-reactive ketones (excluding diaryl/α,β-unsaturated/α-hetero) is 1. The Bertz CT molecular complexity index is 1020. The molecule has 1 heterocycles. The highest BCUT2D eigenvalue weighted by Gasteiger charge is 2.39. The molecular formula is C31H43N3O3. The van der Waals surface area contributed by atoms with Gasteiger partial charge >= 0.3 is 0 Å². The predicted molar refractivity (Wildman–Crippen MR) is 149 cm³/mol. The van der Waals surface area contributed by atoms with Crippen LogP contribution in [-0.4, -0.2) is 54.5 Å². The zero-order valence-corrected chi connectivity index (χ0v) is 22.4. The summed E-state index contributed by atoms with van der Waals surface area (Å²) in [6.45, 7) is 3.18. The molecule has 2 fully saturated rings. The van der Waals surface area contributed by atoms with Crippen molar-refractivity contribution in [3.63, 3.8) is 0 Å². The molecule has 3 atom stereocenters. The van der Waals surface area contributed by atoms with Crippen molar-refractivity contribution >= 4 is 23.1 Å². The molecule has 1 saturated heterocycles. The van der Waals surface area contributed by atoms with Crippen molar-refractivity contribution in [1.82, 2.24) is 10.2 Å². The number of likely N-dealkylation sites (tertiary alicyclic amines) is 1. The zero-order chi connectivity index (χ0) is 26.2. The fourth-order valence-electron chi connectivity index (χ4n) is 6.15. The van der Waals surface area contributed by atoms with Crippen molar-refractivity contribution in [3.8, 4) is 0 Å². The van der Waals surface area contributed by atoms with Gasteiger partial charge in [-0.05, 0) is 75.4 Å². The Morgan fingerprint density at radius 1 is 1.00 bits per heavy atom. The molecule has 0 unspecified atom stereocenters. The molecule has 6 nitrogen and oxygen atoms in total. The van der Waals surface area contributed by atoms with E-state index in [1.165, 1.54) is 6.42 Å². The summed E-state index contributed by atoms with van der Waals surface area (Å²) in [4.78, 5) is 31.3. The average molecular weight is 506 g/mol. The van der Waals surface area contributed by atoms with Gasteiger partial charge in [0.05, 0.1) is 18.7 Å². The number of likely N-dealkylation sites (N-methyl/N-ethyl adjacent to an activating group) is 1. The third kappa shape index (κ3) is 6.60. The van der Waals surface area contributed by atoms with Crippen LogP contribution >= 0.6 is 0 Å². The Morgan fingerprint density at radius 3 is 2.43 bits per heavy atom. The molecule has 2 N–H and O–H groups in total. The number of aliphatic hydroxyl groups excluding tert-OH is 1. The van der Waals surface area contributed by atoms with E-state index in [-0.39, 0.29) is 36.3 Å². The first kappa shape index (κ1) is 27.3. The van der Waals surface area contributed by atoms with E-state index < -0.39 is 0 Å². The first-order chi connectivity index (χ1) is 18.0. The summed E-state index contributed by atoms with van der Waals surface area (Å²) in [5.41, 5.74) is 3.17. The van der Waals surface area contributed by atoms with Crippen LogP contribution in [0.25, 0.3) is 0 Å². The molecule has 0 bridgehead atoms. The number of aliphatic hydroxyl groups is 1. The van der Waals surface area contributed by atoms with Crippen LogP contribution in [0.5, 0.6) is 0 Å². The number of nitrogens with one attached hydrogen (secondary N) is 1. The monoisotopic (exact) mass is 505 g/mol. The van der Waals surface area contributed by atoms with Crippen LogP contribution in [0.15, 0.2) is 54.6 Å². The van der Waals surface area contributed by atoms with E-state index in [9.17, 15) is 14.7 Å². The summed E-state index contributed by atoms with van der Waals surface area (Å²) in [6, 6.07) is 18.3. The fourth-order valence-corrected chi connectivity index (χ4v) is 6.15. The SMILES string of the molecule is CN[C@@H](C)C(=O)C[C@H](C(=O)N1CCC[C@H]1c1cccc(N(CCO)c2ccccc2)c1)C1CCCCC1. The number of para-hydroxylation sites is 1. The molecule has 200 valence electrons. The number of hydrogen-bond donors (Lipinski definition) is 2. The van der Waals surface area contributed by atoms with Crippen LogP contribution in [0.1, 0.15) is 69.9 Å². The molecule has 6 heteroatoms. The minimum absolute atomic E-state index is 0.0158. The predicted octanol–water partition coefficient (Wildman–Crippen LogP) is 5.24. The standard InChI is InChI=1S/C31H43N3O3/c1-23(32-2)30(36)22-28(24-11-5-3-6-12-24)31(37)34-18-10-17-29(34)25-13-9-16-27(21-25)33(19-20-35)26-14-7-4-8-15-26/h4,7-9,13-16,21,23-24,28-29,32,35H,3,5-6,10-12,17-20,22H2,1-2H3/t23-,28-,29-/m0/s1. The molecule has 1 aliphatic carbocycles. The van der Waals surface area contributed by atoms with E-state index in [0.29, 0.717) is 18.9 Å². The van der Waals surface area contributed by atoms with Crippen LogP contribution in [0.4, 0.5) is 11.4 Å². The van der Waals surface area contributed by atoms with E-state index in [2.05, 4.69) is 39.4 Å². The minimum Gasteiger partial charge on any atom is -0.395 e. The van der Waals surface area contributed by atoms with Gasteiger partial charge in [0.1, 0.15) is 5.78 Å². The molecule has 37 heavy (non-hydrogen) atoms. The van der Waals surface area contributed by atoms with Crippen LogP contribution in [0.2, 0.25) is 0 Å². The Morgan fingerprint density at radius 2 is 1.73 bits per heavy atom. The van der Waals surface area contributed by atoms with E-state index in [1.54, 1.807) is 7.05 Å². The van der Waals surface area contributed by atoms with Crippen molar-refractivity contribution in [2.45, 2.75) is 70.4 Å². The van der Waals surface area contributed by atoms with Crippen molar-refractivity contribution in [2.24, 2.45) is 11.8 Å². The van der Waals surface area contributed by atoms with E-state index in [0.717, 1.165) is 62.0 Å². The lowest BCUT2D eigenvalue weighted by Gasteiger charge is -2.35. The molecule has 2 aromatic rings. The highest BCUT2D eigenvalue weighted by Crippen LogP contribution is 2.39. The minimum atomic E-state index is -0.236. The number of nitrogens with zero attached hydrogens (tertiary/aromatic N) is 2. The molecule has 1 amide bonds. The summed E-state index contributed by atoms with van der Waals surface area (Å²) in [5.74, 6) is 0.348. The Balaban J connectivity index is 1.59. The van der Waals surface area contributed by atoms with Crippen molar-refractivity contribution < 1.29 is 14.7 Å². The topological polar surface area (TPSA) is 72.9 Å².